The van der Waals surface area contributed by atoms with Crippen molar-refractivity contribution in [2.45, 2.75) is 44.0 Å². The molecule has 3 N–H and O–H groups in total. The molecule has 16 heavy (non-hydrogen) atoms. The van der Waals surface area contributed by atoms with E-state index >= 15 is 0 Å². The standard InChI is InChI=1S/C12H20N2S2/c1-2-15-10-4-3-9(7-10)14-8-12-11(13)5-6-16-12/h5-6,9-10,14H,2-4,7-8,13H2,1H3. The Morgan fingerprint density at radius 1 is 1.56 bits per heavy atom. The van der Waals surface area contributed by atoms with Crippen molar-refractivity contribution in [2.75, 3.05) is 11.5 Å². The summed E-state index contributed by atoms with van der Waals surface area (Å²) in [6, 6.07) is 2.69. The fourth-order valence-electron chi connectivity index (χ4n) is 2.24. The van der Waals surface area contributed by atoms with Gasteiger partial charge in [0.25, 0.3) is 0 Å². The molecule has 1 aliphatic carbocycles. The van der Waals surface area contributed by atoms with E-state index in [-0.39, 0.29) is 0 Å². The molecule has 1 heterocycles. The Bertz CT molecular complexity index is 325. The van der Waals surface area contributed by atoms with Crippen LogP contribution in [0.4, 0.5) is 5.69 Å². The van der Waals surface area contributed by atoms with Gasteiger partial charge in [-0.05, 0) is 36.5 Å². The first-order chi connectivity index (χ1) is 7.79. The maximum absolute atomic E-state index is 5.87. The van der Waals surface area contributed by atoms with Crippen LogP contribution >= 0.6 is 23.1 Å². The molecule has 1 aromatic heterocycles. The molecule has 0 amide bonds. The average Bonchev–Trinajstić information content (AvgIpc) is 2.86. The molecule has 0 spiro atoms. The number of thioether (sulfide) groups is 1. The SMILES string of the molecule is CCSC1CCC(NCc2sccc2N)C1. The number of thiophene rings is 1. The highest BCUT2D eigenvalue weighted by molar-refractivity contribution is 7.99. The molecule has 2 unspecified atom stereocenters. The van der Waals surface area contributed by atoms with Crippen LogP contribution in [0.5, 0.6) is 0 Å². The minimum Gasteiger partial charge on any atom is -0.398 e. The zero-order valence-corrected chi connectivity index (χ0v) is 11.4. The van der Waals surface area contributed by atoms with Gasteiger partial charge in [-0.3, -0.25) is 0 Å². The molecule has 0 aromatic carbocycles. The van der Waals surface area contributed by atoms with E-state index < -0.39 is 0 Å². The van der Waals surface area contributed by atoms with Crippen LogP contribution in [0.25, 0.3) is 0 Å². The monoisotopic (exact) mass is 256 g/mol. The number of nitrogens with two attached hydrogens (primary N) is 1. The first-order valence-electron chi connectivity index (χ1n) is 5.96. The van der Waals surface area contributed by atoms with Gasteiger partial charge < -0.3 is 11.1 Å². The van der Waals surface area contributed by atoms with Gasteiger partial charge in [0, 0.05) is 28.4 Å². The maximum atomic E-state index is 5.87. The Kier molecular flexibility index (Phi) is 4.55. The zero-order chi connectivity index (χ0) is 11.4. The van der Waals surface area contributed by atoms with Gasteiger partial charge in [0.1, 0.15) is 0 Å². The van der Waals surface area contributed by atoms with Crippen LogP contribution in [0.3, 0.4) is 0 Å². The number of nitrogens with one attached hydrogen (secondary N) is 1. The Hall–Kier alpha value is -0.190. The average molecular weight is 256 g/mol. The van der Waals surface area contributed by atoms with Crippen molar-refractivity contribution in [3.05, 3.63) is 16.3 Å². The summed E-state index contributed by atoms with van der Waals surface area (Å²) >= 11 is 3.86. The molecule has 0 saturated heterocycles. The van der Waals surface area contributed by atoms with Crippen molar-refractivity contribution >= 4 is 28.8 Å². The molecule has 2 nitrogen and oxygen atoms in total. The van der Waals surface area contributed by atoms with E-state index in [2.05, 4.69) is 29.4 Å². The van der Waals surface area contributed by atoms with Crippen LogP contribution in [-0.2, 0) is 6.54 Å². The maximum Gasteiger partial charge on any atom is 0.0468 e. The minimum absolute atomic E-state index is 0.700. The molecule has 1 aliphatic rings. The van der Waals surface area contributed by atoms with Crippen molar-refractivity contribution in [1.82, 2.24) is 5.32 Å². The Labute approximate surface area is 106 Å². The molecule has 0 bridgehead atoms. The lowest BCUT2D eigenvalue weighted by molar-refractivity contribution is 0.528. The van der Waals surface area contributed by atoms with Crippen molar-refractivity contribution < 1.29 is 0 Å². The lowest BCUT2D eigenvalue weighted by atomic mass is 10.2. The summed E-state index contributed by atoms with van der Waals surface area (Å²) in [5, 5.41) is 6.57. The first kappa shape index (κ1) is 12.3. The Morgan fingerprint density at radius 2 is 2.44 bits per heavy atom. The van der Waals surface area contributed by atoms with E-state index in [0.29, 0.717) is 6.04 Å². The van der Waals surface area contributed by atoms with Gasteiger partial charge in [-0.15, -0.1) is 11.3 Å². The highest BCUT2D eigenvalue weighted by atomic mass is 32.2. The summed E-state index contributed by atoms with van der Waals surface area (Å²) < 4.78 is 0. The first-order valence-corrected chi connectivity index (χ1v) is 7.89. The summed E-state index contributed by atoms with van der Waals surface area (Å²) in [7, 11) is 0. The molecule has 2 atom stereocenters. The Balaban J connectivity index is 1.74. The molecule has 2 rings (SSSR count). The van der Waals surface area contributed by atoms with Crippen LogP contribution in [0, 0.1) is 0 Å². The fourth-order valence-corrected chi connectivity index (χ4v) is 4.14. The quantitative estimate of drug-likeness (QED) is 0.850. The van der Waals surface area contributed by atoms with Gasteiger partial charge in [-0.2, -0.15) is 11.8 Å². The second-order valence-electron chi connectivity index (χ2n) is 4.27. The molecular weight excluding hydrogens is 236 g/mol. The summed E-state index contributed by atoms with van der Waals surface area (Å²) in [6.45, 7) is 3.19. The lowest BCUT2D eigenvalue weighted by Gasteiger charge is -2.12. The lowest BCUT2D eigenvalue weighted by Crippen LogP contribution is -2.26. The van der Waals surface area contributed by atoms with Crippen molar-refractivity contribution in [2.24, 2.45) is 0 Å². The summed E-state index contributed by atoms with van der Waals surface area (Å²) in [6.07, 6.45) is 4.02. The molecule has 0 aliphatic heterocycles. The van der Waals surface area contributed by atoms with Crippen molar-refractivity contribution in [3.8, 4) is 0 Å². The summed E-state index contributed by atoms with van der Waals surface area (Å²) in [5.41, 5.74) is 6.81. The van der Waals surface area contributed by atoms with Crippen LogP contribution in [0.1, 0.15) is 31.1 Å². The van der Waals surface area contributed by atoms with Gasteiger partial charge >= 0.3 is 0 Å². The van der Waals surface area contributed by atoms with Gasteiger partial charge in [0.2, 0.25) is 0 Å². The third-order valence-corrected chi connectivity index (χ3v) is 5.29. The number of anilines is 1. The molecule has 1 saturated carbocycles. The van der Waals surface area contributed by atoms with Crippen LogP contribution in [0.15, 0.2) is 11.4 Å². The van der Waals surface area contributed by atoms with E-state index in [1.54, 1.807) is 11.3 Å². The number of hydrogen-bond donors (Lipinski definition) is 2. The number of rotatable bonds is 5. The number of nitrogen functional groups attached to an aromatic ring is 1. The molecule has 4 heteroatoms. The fraction of sp³-hybridized carbons (Fsp3) is 0.667. The molecule has 0 radical (unpaired) electrons. The second kappa shape index (κ2) is 5.94. The highest BCUT2D eigenvalue weighted by Crippen LogP contribution is 2.30. The van der Waals surface area contributed by atoms with E-state index in [4.69, 9.17) is 5.73 Å². The highest BCUT2D eigenvalue weighted by Gasteiger charge is 2.24. The third-order valence-electron chi connectivity index (χ3n) is 3.12. The molecule has 1 fully saturated rings. The predicted molar refractivity (Wildman–Crippen MR) is 75.1 cm³/mol. The van der Waals surface area contributed by atoms with Gasteiger partial charge in [0.05, 0.1) is 0 Å². The van der Waals surface area contributed by atoms with Gasteiger partial charge in [-0.25, -0.2) is 0 Å². The summed E-state index contributed by atoms with van der Waals surface area (Å²) in [5.74, 6) is 1.25. The molecular formula is C12H20N2S2. The van der Waals surface area contributed by atoms with E-state index in [1.165, 1.54) is 29.9 Å². The van der Waals surface area contributed by atoms with Gasteiger partial charge in [0.15, 0.2) is 0 Å². The second-order valence-corrected chi connectivity index (χ2v) is 6.85. The topological polar surface area (TPSA) is 38.0 Å². The zero-order valence-electron chi connectivity index (χ0n) is 9.74. The molecule has 1 aromatic rings. The number of hydrogen-bond acceptors (Lipinski definition) is 4. The van der Waals surface area contributed by atoms with Crippen LogP contribution < -0.4 is 11.1 Å². The van der Waals surface area contributed by atoms with E-state index in [9.17, 15) is 0 Å². The smallest absolute Gasteiger partial charge is 0.0468 e. The van der Waals surface area contributed by atoms with E-state index in [0.717, 1.165) is 17.5 Å². The van der Waals surface area contributed by atoms with E-state index in [1.807, 2.05) is 6.07 Å². The van der Waals surface area contributed by atoms with Crippen molar-refractivity contribution in [1.29, 1.82) is 0 Å². The Morgan fingerprint density at radius 3 is 3.12 bits per heavy atom. The normalized spacial score (nSPS) is 25.1. The third kappa shape index (κ3) is 3.15. The van der Waals surface area contributed by atoms with Crippen LogP contribution in [0.2, 0.25) is 0 Å². The molecule has 90 valence electrons. The largest absolute Gasteiger partial charge is 0.398 e. The predicted octanol–water partition coefficient (Wildman–Crippen LogP) is 3.09. The van der Waals surface area contributed by atoms with Gasteiger partial charge in [-0.1, -0.05) is 6.92 Å². The van der Waals surface area contributed by atoms with Crippen LogP contribution in [-0.4, -0.2) is 17.0 Å². The summed E-state index contributed by atoms with van der Waals surface area (Å²) in [4.78, 5) is 1.28. The van der Waals surface area contributed by atoms with Crippen molar-refractivity contribution in [3.63, 3.8) is 0 Å². The minimum atomic E-state index is 0.700.